The largest absolute Gasteiger partial charge is 0.467 e. The number of halogens is 3. The third-order valence-electron chi connectivity index (χ3n) is 3.32. The van der Waals surface area contributed by atoms with E-state index in [4.69, 9.17) is 0 Å². The van der Waals surface area contributed by atoms with Crippen molar-refractivity contribution in [3.8, 4) is 0 Å². The van der Waals surface area contributed by atoms with Crippen LogP contribution in [-0.4, -0.2) is 29.2 Å². The molecule has 1 aromatic heterocycles. The molecule has 0 radical (unpaired) electrons. The Morgan fingerprint density at radius 2 is 2.16 bits per heavy atom. The average Bonchev–Trinajstić information content (AvgIpc) is 2.26. The third kappa shape index (κ3) is 3.21. The molecule has 1 aliphatic carbocycles. The molecule has 1 unspecified atom stereocenters. The van der Waals surface area contributed by atoms with Gasteiger partial charge in [0.05, 0.1) is 5.69 Å². The monoisotopic (exact) mass is 274 g/mol. The molecule has 104 valence electrons. The molecule has 0 aromatic carbocycles. The van der Waals surface area contributed by atoms with Crippen LogP contribution < -0.4 is 0 Å². The summed E-state index contributed by atoms with van der Waals surface area (Å²) in [4.78, 5) is 17.8. The number of carbonyl (C=O) groups is 1. The highest BCUT2D eigenvalue weighted by Gasteiger charge is 2.42. The summed E-state index contributed by atoms with van der Waals surface area (Å²) < 4.78 is 43.0. The van der Waals surface area contributed by atoms with Crippen molar-refractivity contribution in [2.45, 2.75) is 37.3 Å². The number of alkyl halides is 3. The second-order valence-corrected chi connectivity index (χ2v) is 4.52. The molecule has 0 N–H and O–H groups in total. The fourth-order valence-electron chi connectivity index (χ4n) is 1.99. The molecule has 2 rings (SSSR count). The van der Waals surface area contributed by atoms with E-state index >= 15 is 0 Å². The summed E-state index contributed by atoms with van der Waals surface area (Å²) in [5, 5.41) is 0. The van der Waals surface area contributed by atoms with Gasteiger partial charge in [-0.1, -0.05) is 6.42 Å². The zero-order valence-electron chi connectivity index (χ0n) is 10.1. The zero-order chi connectivity index (χ0) is 13.9. The van der Waals surface area contributed by atoms with Crippen molar-refractivity contribution in [2.24, 2.45) is 0 Å². The lowest BCUT2D eigenvalue weighted by molar-refractivity contribution is -0.165. The van der Waals surface area contributed by atoms with Gasteiger partial charge in [-0.3, -0.25) is 4.79 Å². The number of carbonyl (C=O) groups excluding carboxylic acids is 1. The third-order valence-corrected chi connectivity index (χ3v) is 3.32. The van der Waals surface area contributed by atoms with Gasteiger partial charge in [0.25, 0.3) is 6.47 Å². The highest BCUT2D eigenvalue weighted by atomic mass is 19.4. The first-order valence-corrected chi connectivity index (χ1v) is 5.96. The maximum absolute atomic E-state index is 12.9. The minimum Gasteiger partial charge on any atom is -0.467 e. The quantitative estimate of drug-likeness (QED) is 0.774. The van der Waals surface area contributed by atoms with Crippen molar-refractivity contribution in [1.29, 1.82) is 0 Å². The normalized spacial score (nSPS) is 17.6. The standard InChI is InChI=1S/C12H13F3N2O2/c13-12(14,15)9(5-19-7-18)11-4-10(16-6-17-11)8-2-1-3-8/h4,6-9H,1-3,5H2. The molecule has 0 bridgehead atoms. The van der Waals surface area contributed by atoms with Crippen LogP contribution in [-0.2, 0) is 9.53 Å². The van der Waals surface area contributed by atoms with E-state index in [1.54, 1.807) is 0 Å². The molecule has 1 aromatic rings. The highest BCUT2D eigenvalue weighted by Crippen LogP contribution is 2.38. The Bertz CT molecular complexity index is 447. The fourth-order valence-corrected chi connectivity index (χ4v) is 1.99. The molecule has 0 aliphatic heterocycles. The molecule has 1 fully saturated rings. The number of nitrogens with zero attached hydrogens (tertiary/aromatic N) is 2. The zero-order valence-corrected chi connectivity index (χ0v) is 10.1. The summed E-state index contributed by atoms with van der Waals surface area (Å²) in [6.45, 7) is -0.749. The van der Waals surface area contributed by atoms with E-state index < -0.39 is 18.7 Å². The van der Waals surface area contributed by atoms with Crippen LogP contribution in [0.2, 0.25) is 0 Å². The molecule has 1 atom stereocenters. The Morgan fingerprint density at radius 3 is 2.68 bits per heavy atom. The lowest BCUT2D eigenvalue weighted by Gasteiger charge is -2.25. The number of hydrogen-bond donors (Lipinski definition) is 0. The van der Waals surface area contributed by atoms with Crippen LogP contribution in [0.15, 0.2) is 12.4 Å². The SMILES string of the molecule is O=COCC(c1cc(C2CCC2)ncn1)C(F)(F)F. The molecule has 0 spiro atoms. The van der Waals surface area contributed by atoms with Gasteiger partial charge in [-0.05, 0) is 18.9 Å². The molecule has 1 heterocycles. The number of aromatic nitrogens is 2. The smallest absolute Gasteiger partial charge is 0.400 e. The summed E-state index contributed by atoms with van der Waals surface area (Å²) in [6, 6.07) is 1.37. The van der Waals surface area contributed by atoms with Crippen LogP contribution >= 0.6 is 0 Å². The highest BCUT2D eigenvalue weighted by molar-refractivity contribution is 5.37. The van der Waals surface area contributed by atoms with E-state index in [0.717, 1.165) is 25.6 Å². The number of hydrogen-bond acceptors (Lipinski definition) is 4. The Kier molecular flexibility index (Phi) is 4.01. The van der Waals surface area contributed by atoms with Crippen LogP contribution in [0.25, 0.3) is 0 Å². The first-order valence-electron chi connectivity index (χ1n) is 5.96. The van der Waals surface area contributed by atoms with E-state index in [2.05, 4.69) is 14.7 Å². The minimum absolute atomic E-state index is 0.00672. The maximum atomic E-state index is 12.9. The van der Waals surface area contributed by atoms with E-state index in [9.17, 15) is 18.0 Å². The Labute approximate surface area is 108 Å². The molecular formula is C12H13F3N2O2. The summed E-state index contributed by atoms with van der Waals surface area (Å²) in [5.41, 5.74) is 0.489. The van der Waals surface area contributed by atoms with Gasteiger partial charge in [-0.2, -0.15) is 13.2 Å². The van der Waals surface area contributed by atoms with E-state index in [1.165, 1.54) is 6.07 Å². The van der Waals surface area contributed by atoms with Crippen LogP contribution in [0.4, 0.5) is 13.2 Å². The predicted molar refractivity (Wildman–Crippen MR) is 59.4 cm³/mol. The van der Waals surface area contributed by atoms with Crippen LogP contribution in [0.1, 0.15) is 42.5 Å². The Balaban J connectivity index is 2.22. The van der Waals surface area contributed by atoms with E-state index in [-0.39, 0.29) is 18.1 Å². The summed E-state index contributed by atoms with van der Waals surface area (Å²) >= 11 is 0. The number of rotatable bonds is 5. The molecule has 4 nitrogen and oxygen atoms in total. The molecule has 1 aliphatic rings. The van der Waals surface area contributed by atoms with Gasteiger partial charge < -0.3 is 4.74 Å². The van der Waals surface area contributed by atoms with Gasteiger partial charge in [-0.15, -0.1) is 0 Å². The van der Waals surface area contributed by atoms with Gasteiger partial charge in [0.2, 0.25) is 0 Å². The molecule has 19 heavy (non-hydrogen) atoms. The lowest BCUT2D eigenvalue weighted by Crippen LogP contribution is -2.26. The van der Waals surface area contributed by atoms with Crippen molar-refractivity contribution < 1.29 is 22.7 Å². The van der Waals surface area contributed by atoms with Crippen molar-refractivity contribution in [3.63, 3.8) is 0 Å². The first-order chi connectivity index (χ1) is 9.02. The molecular weight excluding hydrogens is 261 g/mol. The molecule has 7 heteroatoms. The van der Waals surface area contributed by atoms with Crippen LogP contribution in [0.5, 0.6) is 0 Å². The minimum atomic E-state index is -4.51. The van der Waals surface area contributed by atoms with E-state index in [1.807, 2.05) is 0 Å². The van der Waals surface area contributed by atoms with Gasteiger partial charge in [0, 0.05) is 11.6 Å². The second-order valence-electron chi connectivity index (χ2n) is 4.52. The predicted octanol–water partition coefficient (Wildman–Crippen LogP) is 2.56. The fraction of sp³-hybridized carbons (Fsp3) is 0.583. The van der Waals surface area contributed by atoms with Crippen LogP contribution in [0.3, 0.4) is 0 Å². The van der Waals surface area contributed by atoms with Gasteiger partial charge in [0.1, 0.15) is 18.9 Å². The van der Waals surface area contributed by atoms with Crippen molar-refractivity contribution in [2.75, 3.05) is 6.61 Å². The molecule has 0 saturated heterocycles. The van der Waals surface area contributed by atoms with Crippen molar-refractivity contribution in [3.05, 3.63) is 23.8 Å². The van der Waals surface area contributed by atoms with Gasteiger partial charge in [-0.25, -0.2) is 9.97 Å². The Hall–Kier alpha value is -1.66. The lowest BCUT2D eigenvalue weighted by atomic mass is 9.82. The summed E-state index contributed by atoms with van der Waals surface area (Å²) in [5.74, 6) is -1.68. The van der Waals surface area contributed by atoms with Crippen LogP contribution in [0, 0.1) is 0 Å². The topological polar surface area (TPSA) is 52.1 Å². The Morgan fingerprint density at radius 1 is 1.42 bits per heavy atom. The molecule has 0 amide bonds. The van der Waals surface area contributed by atoms with E-state index in [0.29, 0.717) is 5.69 Å². The van der Waals surface area contributed by atoms with Gasteiger partial charge >= 0.3 is 6.18 Å². The van der Waals surface area contributed by atoms with Crippen molar-refractivity contribution >= 4 is 6.47 Å². The van der Waals surface area contributed by atoms with Crippen molar-refractivity contribution in [1.82, 2.24) is 9.97 Å². The maximum Gasteiger partial charge on any atom is 0.400 e. The summed E-state index contributed by atoms with van der Waals surface area (Å²) in [6.07, 6.45) is -0.409. The summed E-state index contributed by atoms with van der Waals surface area (Å²) in [7, 11) is 0. The molecule has 1 saturated carbocycles. The first kappa shape index (κ1) is 13.8. The average molecular weight is 274 g/mol. The van der Waals surface area contributed by atoms with Gasteiger partial charge in [0.15, 0.2) is 0 Å². The second kappa shape index (κ2) is 5.54. The number of ether oxygens (including phenoxy) is 1.